The lowest BCUT2D eigenvalue weighted by atomic mass is 10.1. The van der Waals surface area contributed by atoms with E-state index >= 15 is 0 Å². The fourth-order valence-corrected chi connectivity index (χ4v) is 1.56. The Morgan fingerprint density at radius 3 is 2.25 bits per heavy atom. The fraction of sp³-hybridized carbons (Fsp3) is 0.308. The molecule has 1 aromatic rings. The Hall–Kier alpha value is -2.08. The molecule has 0 saturated carbocycles. The van der Waals surface area contributed by atoms with Gasteiger partial charge in [-0.05, 0) is 36.1 Å². The summed E-state index contributed by atoms with van der Waals surface area (Å²) < 4.78 is 3.22. The fourth-order valence-electron chi connectivity index (χ4n) is 1.56. The smallest absolute Gasteiger partial charge is 0.326 e. The first-order valence-corrected chi connectivity index (χ1v) is 7.63. The number of aliphatic carboxylic acids is 1. The molecule has 1 aromatic carbocycles. The third-order valence-corrected chi connectivity index (χ3v) is 2.64. The Bertz CT molecular complexity index is 568. The van der Waals surface area contributed by atoms with Crippen molar-refractivity contribution < 1.29 is 24.6 Å². The van der Waals surface area contributed by atoms with E-state index in [0.717, 1.165) is 0 Å². The van der Waals surface area contributed by atoms with E-state index < -0.39 is 23.8 Å². The van der Waals surface area contributed by atoms with Crippen molar-refractivity contribution >= 4 is 36.2 Å². The highest BCUT2D eigenvalue weighted by Gasteiger charge is 2.20. The van der Waals surface area contributed by atoms with E-state index in [4.69, 9.17) is 15.9 Å². The average Bonchev–Trinajstić information content (AvgIpc) is 2.54. The number of hydrogen-bond donors (Lipinski definition) is 5. The predicted molar refractivity (Wildman–Crippen MR) is 93.9 cm³/mol. The van der Waals surface area contributed by atoms with Crippen LogP contribution in [0.2, 0.25) is 0 Å². The molecule has 0 spiro atoms. The summed E-state index contributed by atoms with van der Waals surface area (Å²) in [6, 6.07) is 4.85. The van der Waals surface area contributed by atoms with E-state index in [0.29, 0.717) is 5.56 Å². The lowest BCUT2D eigenvalue weighted by Crippen LogP contribution is -2.47. The van der Waals surface area contributed by atoms with Gasteiger partial charge in [-0.25, -0.2) is 4.79 Å². The molecule has 132 valence electrons. The van der Waals surface area contributed by atoms with Gasteiger partial charge in [0.1, 0.15) is 11.8 Å². The quantitative estimate of drug-likeness (QED) is 0.412. The SMILES string of the molecule is NCC(=O)NCC(=O)N[C@@H](Cc1ccc(O)cc1)C(=O)O.P=NP. The Balaban J connectivity index is 0.00000163. The van der Waals surface area contributed by atoms with Crippen molar-refractivity contribution in [2.75, 3.05) is 13.1 Å². The second kappa shape index (κ2) is 12.4. The van der Waals surface area contributed by atoms with E-state index in [1.807, 2.05) is 0 Å². The average molecular weight is 374 g/mol. The molecule has 0 saturated heterocycles. The maximum Gasteiger partial charge on any atom is 0.326 e. The van der Waals surface area contributed by atoms with Crippen LogP contribution in [0.1, 0.15) is 5.56 Å². The van der Waals surface area contributed by atoms with Gasteiger partial charge in [-0.3, -0.25) is 14.1 Å². The summed E-state index contributed by atoms with van der Waals surface area (Å²) in [5.41, 5.74) is 5.71. The molecular weight excluding hydrogens is 354 g/mol. The summed E-state index contributed by atoms with van der Waals surface area (Å²) in [5.74, 6) is -2.25. The van der Waals surface area contributed by atoms with Gasteiger partial charge in [0.2, 0.25) is 11.8 Å². The molecule has 0 aliphatic rings. The molecule has 24 heavy (non-hydrogen) atoms. The molecule has 11 heteroatoms. The van der Waals surface area contributed by atoms with Gasteiger partial charge < -0.3 is 26.6 Å². The zero-order valence-electron chi connectivity index (χ0n) is 12.7. The molecule has 0 fully saturated rings. The molecule has 0 aliphatic carbocycles. The zero-order chi connectivity index (χ0) is 18.5. The van der Waals surface area contributed by atoms with E-state index in [1.165, 1.54) is 12.1 Å². The van der Waals surface area contributed by atoms with E-state index in [9.17, 15) is 14.4 Å². The number of carboxylic acids is 1. The summed E-state index contributed by atoms with van der Waals surface area (Å²) in [6.07, 6.45) is 0.0617. The molecule has 0 radical (unpaired) electrons. The van der Waals surface area contributed by atoms with Crippen LogP contribution in [0, 0.1) is 0 Å². The first kappa shape index (κ1) is 21.9. The van der Waals surface area contributed by atoms with Gasteiger partial charge in [-0.1, -0.05) is 12.1 Å². The Morgan fingerprint density at radius 1 is 1.25 bits per heavy atom. The van der Waals surface area contributed by atoms with Crippen LogP contribution in [-0.4, -0.2) is 47.1 Å². The molecule has 0 bridgehead atoms. The van der Waals surface area contributed by atoms with Crippen LogP contribution in [0.4, 0.5) is 0 Å². The van der Waals surface area contributed by atoms with Gasteiger partial charge in [0.25, 0.3) is 0 Å². The summed E-state index contributed by atoms with van der Waals surface area (Å²) in [6.45, 7) is -0.585. The minimum absolute atomic E-state index is 0.0617. The zero-order valence-corrected chi connectivity index (χ0v) is 14.9. The number of phenols is 1. The summed E-state index contributed by atoms with van der Waals surface area (Å²) in [5, 5.41) is 22.8. The number of amides is 2. The molecule has 0 heterocycles. The van der Waals surface area contributed by atoms with Crippen molar-refractivity contribution in [2.45, 2.75) is 12.5 Å². The van der Waals surface area contributed by atoms with Gasteiger partial charge in [0, 0.05) is 6.42 Å². The minimum Gasteiger partial charge on any atom is -0.508 e. The van der Waals surface area contributed by atoms with Crippen molar-refractivity contribution in [2.24, 2.45) is 10.2 Å². The molecule has 1 rings (SSSR count). The molecule has 0 aromatic heterocycles. The van der Waals surface area contributed by atoms with Gasteiger partial charge in [0.15, 0.2) is 0 Å². The third-order valence-electron chi connectivity index (χ3n) is 2.64. The lowest BCUT2D eigenvalue weighted by molar-refractivity contribution is -0.141. The number of nitrogens with zero attached hydrogens (tertiary/aromatic N) is 1. The second-order valence-corrected chi connectivity index (χ2v) is 5.47. The second-order valence-electron chi connectivity index (χ2n) is 4.44. The van der Waals surface area contributed by atoms with Gasteiger partial charge in [-0.2, -0.15) is 0 Å². The number of carbonyl (C=O) groups is 3. The number of nitrogens with one attached hydrogen (secondary N) is 2. The number of hydrogen-bond acceptors (Lipinski definition) is 6. The molecule has 1 unspecified atom stereocenters. The third kappa shape index (κ3) is 9.84. The minimum atomic E-state index is -1.19. The van der Waals surface area contributed by atoms with Crippen molar-refractivity contribution in [1.82, 2.24) is 10.6 Å². The predicted octanol–water partition coefficient (Wildman–Crippen LogP) is -0.318. The van der Waals surface area contributed by atoms with E-state index in [1.54, 1.807) is 12.1 Å². The van der Waals surface area contributed by atoms with Crippen LogP contribution in [0.25, 0.3) is 0 Å². The molecular formula is C13H20N4O5P2. The van der Waals surface area contributed by atoms with E-state index in [-0.39, 0.29) is 25.3 Å². The standard InChI is InChI=1S/C13H17N3O5.H3NP2/c14-6-11(18)15-7-12(19)16-10(13(20)21)5-8-1-3-9(17)4-2-8;2-1-3/h1-4,10,17H,5-7,14H2,(H,15,18)(H,16,19)(H,20,21);2H,3H2/t10-;/m0./s1. The van der Waals surface area contributed by atoms with Gasteiger partial charge in [-0.15, -0.1) is 0 Å². The molecule has 2 atom stereocenters. The number of aromatic hydroxyl groups is 1. The number of rotatable bonds is 7. The summed E-state index contributed by atoms with van der Waals surface area (Å²) in [4.78, 5) is 33.6. The highest BCUT2D eigenvalue weighted by molar-refractivity contribution is 7.23. The number of benzene rings is 1. The monoisotopic (exact) mass is 374 g/mol. The number of nitrogens with two attached hydrogens (primary N) is 1. The Labute approximate surface area is 143 Å². The van der Waals surface area contributed by atoms with Crippen LogP contribution in [0.3, 0.4) is 0 Å². The topological polar surface area (TPSA) is 154 Å². The van der Waals surface area contributed by atoms with Crippen LogP contribution < -0.4 is 16.4 Å². The summed E-state index contributed by atoms with van der Waals surface area (Å²) >= 11 is 0. The molecule has 6 N–H and O–H groups in total. The van der Waals surface area contributed by atoms with Crippen molar-refractivity contribution in [1.29, 1.82) is 0 Å². The maximum atomic E-state index is 11.6. The first-order chi connectivity index (χ1) is 11.3. The van der Waals surface area contributed by atoms with Gasteiger partial charge >= 0.3 is 5.97 Å². The van der Waals surface area contributed by atoms with Crippen molar-refractivity contribution in [3.8, 4) is 5.75 Å². The van der Waals surface area contributed by atoms with Crippen molar-refractivity contribution in [3.63, 3.8) is 0 Å². The number of carbonyl (C=O) groups excluding carboxylic acids is 2. The number of phenolic OH excluding ortho intramolecular Hbond substituents is 1. The molecule has 2 amide bonds. The molecule has 9 nitrogen and oxygen atoms in total. The lowest BCUT2D eigenvalue weighted by Gasteiger charge is -2.15. The van der Waals surface area contributed by atoms with Crippen LogP contribution in [0.5, 0.6) is 5.75 Å². The summed E-state index contributed by atoms with van der Waals surface area (Å²) in [7, 11) is 4.89. The highest BCUT2D eigenvalue weighted by Crippen LogP contribution is 2.11. The normalized spacial score (nSPS) is 10.6. The highest BCUT2D eigenvalue weighted by atomic mass is 31.1. The van der Waals surface area contributed by atoms with E-state index in [2.05, 4.69) is 33.6 Å². The number of carboxylic acid groups (broad SMARTS) is 1. The largest absolute Gasteiger partial charge is 0.508 e. The first-order valence-electron chi connectivity index (χ1n) is 6.67. The maximum absolute atomic E-state index is 11.6. The van der Waals surface area contributed by atoms with Crippen LogP contribution in [-0.2, 0) is 20.8 Å². The molecule has 0 aliphatic heterocycles. The van der Waals surface area contributed by atoms with Crippen LogP contribution >= 0.6 is 18.4 Å². The van der Waals surface area contributed by atoms with Crippen molar-refractivity contribution in [3.05, 3.63) is 29.8 Å². The van der Waals surface area contributed by atoms with Gasteiger partial charge in [0.05, 0.1) is 13.1 Å². The van der Waals surface area contributed by atoms with Crippen LogP contribution in [0.15, 0.2) is 28.8 Å². The Kier molecular flexibility index (Phi) is 11.3. The Morgan fingerprint density at radius 2 is 1.79 bits per heavy atom.